The lowest BCUT2D eigenvalue weighted by Gasteiger charge is -2.33. The van der Waals surface area contributed by atoms with E-state index in [1.807, 2.05) is 0 Å². The van der Waals surface area contributed by atoms with Gasteiger partial charge in [0.25, 0.3) is 0 Å². The maximum atomic E-state index is 11.0. The Hall–Kier alpha value is -0.0500. The van der Waals surface area contributed by atoms with Crippen LogP contribution in [0.5, 0.6) is 0 Å². The summed E-state index contributed by atoms with van der Waals surface area (Å²) in [6.07, 6.45) is 3.69. The molecule has 1 heterocycles. The Morgan fingerprint density at radius 3 is 2.67 bits per heavy atom. The number of hydrogen-bond donors (Lipinski definition) is 1. The minimum absolute atomic E-state index is 0. The Bertz CT molecular complexity index is 370. The fourth-order valence-electron chi connectivity index (χ4n) is 2.06. The number of guanidine groups is 1. The highest BCUT2D eigenvalue weighted by Crippen LogP contribution is 2.15. The van der Waals surface area contributed by atoms with Gasteiger partial charge in [0.2, 0.25) is 0 Å². The molecular formula is C11H24IN3O2S. The zero-order valence-corrected chi connectivity index (χ0v) is 14.5. The third kappa shape index (κ3) is 6.77. The summed E-state index contributed by atoms with van der Waals surface area (Å²) < 4.78 is 22.1. The van der Waals surface area contributed by atoms with Gasteiger partial charge in [-0.2, -0.15) is 0 Å². The highest BCUT2D eigenvalue weighted by molar-refractivity contribution is 14.0. The van der Waals surface area contributed by atoms with Gasteiger partial charge in [0, 0.05) is 32.9 Å². The van der Waals surface area contributed by atoms with Gasteiger partial charge in [-0.05, 0) is 18.8 Å². The van der Waals surface area contributed by atoms with E-state index in [4.69, 9.17) is 0 Å². The molecule has 0 aromatic carbocycles. The van der Waals surface area contributed by atoms with Gasteiger partial charge in [0.1, 0.15) is 9.84 Å². The summed E-state index contributed by atoms with van der Waals surface area (Å²) in [5.74, 6) is 1.65. The van der Waals surface area contributed by atoms with Crippen molar-refractivity contribution in [3.05, 3.63) is 0 Å². The summed E-state index contributed by atoms with van der Waals surface area (Å²) in [6, 6.07) is 0. The van der Waals surface area contributed by atoms with Gasteiger partial charge in [0.15, 0.2) is 5.96 Å². The molecule has 0 bridgehead atoms. The predicted molar refractivity (Wildman–Crippen MR) is 86.5 cm³/mol. The van der Waals surface area contributed by atoms with Crippen molar-refractivity contribution in [3.63, 3.8) is 0 Å². The fourth-order valence-corrected chi connectivity index (χ4v) is 2.54. The summed E-state index contributed by atoms with van der Waals surface area (Å²) in [5.41, 5.74) is 0. The molecule has 1 N–H and O–H groups in total. The van der Waals surface area contributed by atoms with Crippen LogP contribution in [0, 0.1) is 5.92 Å². The Kier molecular flexibility index (Phi) is 8.16. The fraction of sp³-hybridized carbons (Fsp3) is 0.909. The molecule has 5 nitrogen and oxygen atoms in total. The molecule has 1 aliphatic heterocycles. The molecule has 1 atom stereocenters. The molecule has 1 unspecified atom stereocenters. The van der Waals surface area contributed by atoms with Crippen molar-refractivity contribution in [2.75, 3.05) is 38.7 Å². The average molecular weight is 389 g/mol. The molecule has 0 aromatic heterocycles. The molecule has 7 heteroatoms. The van der Waals surface area contributed by atoms with Gasteiger partial charge in [-0.3, -0.25) is 4.99 Å². The van der Waals surface area contributed by atoms with E-state index in [2.05, 4.69) is 22.1 Å². The number of hydrogen-bond acceptors (Lipinski definition) is 3. The number of halogens is 1. The first-order chi connectivity index (χ1) is 7.92. The van der Waals surface area contributed by atoms with Gasteiger partial charge >= 0.3 is 0 Å². The molecule has 0 spiro atoms. The van der Waals surface area contributed by atoms with Crippen molar-refractivity contribution in [1.82, 2.24) is 10.2 Å². The average Bonchev–Trinajstić information content (AvgIpc) is 2.23. The molecular weight excluding hydrogens is 365 g/mol. The van der Waals surface area contributed by atoms with Gasteiger partial charge in [-0.15, -0.1) is 24.0 Å². The van der Waals surface area contributed by atoms with E-state index in [1.165, 1.54) is 19.1 Å². The van der Waals surface area contributed by atoms with Gasteiger partial charge in [-0.25, -0.2) is 8.42 Å². The van der Waals surface area contributed by atoms with Crippen LogP contribution in [0.25, 0.3) is 0 Å². The maximum Gasteiger partial charge on any atom is 0.193 e. The highest BCUT2D eigenvalue weighted by Gasteiger charge is 2.19. The zero-order chi connectivity index (χ0) is 12.9. The van der Waals surface area contributed by atoms with E-state index in [9.17, 15) is 8.42 Å². The third-order valence-corrected chi connectivity index (χ3v) is 3.87. The van der Waals surface area contributed by atoms with Crippen LogP contribution in [0.15, 0.2) is 4.99 Å². The Morgan fingerprint density at radius 1 is 1.50 bits per heavy atom. The van der Waals surface area contributed by atoms with Crippen molar-refractivity contribution in [3.8, 4) is 0 Å². The van der Waals surface area contributed by atoms with Crippen LogP contribution >= 0.6 is 24.0 Å². The second-order valence-electron chi connectivity index (χ2n) is 4.80. The molecule has 0 saturated carbocycles. The van der Waals surface area contributed by atoms with Gasteiger partial charge in [0.05, 0.1) is 5.75 Å². The van der Waals surface area contributed by atoms with E-state index in [0.29, 0.717) is 12.5 Å². The predicted octanol–water partition coefficient (Wildman–Crippen LogP) is 0.956. The summed E-state index contributed by atoms with van der Waals surface area (Å²) in [6.45, 7) is 4.66. The Balaban J connectivity index is 0.00000289. The minimum atomic E-state index is -2.91. The maximum absolute atomic E-state index is 11.0. The monoisotopic (exact) mass is 389 g/mol. The quantitative estimate of drug-likeness (QED) is 0.444. The number of likely N-dealkylation sites (tertiary alicyclic amines) is 1. The summed E-state index contributed by atoms with van der Waals surface area (Å²) in [7, 11) is -1.17. The zero-order valence-electron chi connectivity index (χ0n) is 11.3. The normalized spacial score (nSPS) is 21.4. The Labute approximate surface area is 127 Å². The minimum Gasteiger partial charge on any atom is -0.355 e. The molecule has 108 valence electrons. The van der Waals surface area contributed by atoms with E-state index in [1.54, 1.807) is 7.05 Å². The van der Waals surface area contributed by atoms with Crippen molar-refractivity contribution in [2.24, 2.45) is 10.9 Å². The van der Waals surface area contributed by atoms with E-state index >= 15 is 0 Å². The first-order valence-corrected chi connectivity index (χ1v) is 8.12. The van der Waals surface area contributed by atoms with Gasteiger partial charge < -0.3 is 10.2 Å². The molecule has 1 fully saturated rings. The van der Waals surface area contributed by atoms with Crippen LogP contribution in [0.3, 0.4) is 0 Å². The Morgan fingerprint density at radius 2 is 2.17 bits per heavy atom. The first kappa shape index (κ1) is 17.9. The first-order valence-electron chi connectivity index (χ1n) is 6.05. The smallest absolute Gasteiger partial charge is 0.193 e. The standard InChI is InChI=1S/C11H23N3O2S.HI/c1-10-5-4-7-14(9-10)11(12-2)13-6-8-17(3,15)16;/h10H,4-9H2,1-3H3,(H,12,13);1H. The molecule has 1 rings (SSSR count). The highest BCUT2D eigenvalue weighted by atomic mass is 127. The molecule has 1 saturated heterocycles. The SMILES string of the molecule is CN=C(NCCS(C)(=O)=O)N1CCCC(C)C1.I. The van der Waals surface area contributed by atoms with Crippen molar-refractivity contribution in [1.29, 1.82) is 0 Å². The second-order valence-corrected chi connectivity index (χ2v) is 7.06. The van der Waals surface area contributed by atoms with E-state index in [0.717, 1.165) is 19.0 Å². The lowest BCUT2D eigenvalue weighted by atomic mass is 10.0. The third-order valence-electron chi connectivity index (χ3n) is 2.92. The van der Waals surface area contributed by atoms with Crippen LogP contribution < -0.4 is 5.32 Å². The number of aliphatic imine (C=N–C) groups is 1. The summed E-state index contributed by atoms with van der Waals surface area (Å²) in [5, 5.41) is 3.11. The van der Waals surface area contributed by atoms with Gasteiger partial charge in [-0.1, -0.05) is 6.92 Å². The van der Waals surface area contributed by atoms with Crippen LogP contribution in [0.2, 0.25) is 0 Å². The number of nitrogens with one attached hydrogen (secondary N) is 1. The van der Waals surface area contributed by atoms with E-state index < -0.39 is 9.84 Å². The lowest BCUT2D eigenvalue weighted by molar-refractivity contribution is 0.266. The largest absolute Gasteiger partial charge is 0.355 e. The molecule has 0 aromatic rings. The van der Waals surface area contributed by atoms with Crippen LogP contribution in [-0.2, 0) is 9.84 Å². The number of piperidine rings is 1. The molecule has 0 radical (unpaired) electrons. The van der Waals surface area contributed by atoms with E-state index in [-0.39, 0.29) is 29.7 Å². The van der Waals surface area contributed by atoms with Crippen LogP contribution in [0.1, 0.15) is 19.8 Å². The van der Waals surface area contributed by atoms with Crippen molar-refractivity contribution >= 4 is 39.8 Å². The number of nitrogens with zero attached hydrogens (tertiary/aromatic N) is 2. The van der Waals surface area contributed by atoms with Crippen LogP contribution in [0.4, 0.5) is 0 Å². The topological polar surface area (TPSA) is 61.8 Å². The molecule has 18 heavy (non-hydrogen) atoms. The summed E-state index contributed by atoms with van der Waals surface area (Å²) in [4.78, 5) is 6.41. The summed E-state index contributed by atoms with van der Waals surface area (Å²) >= 11 is 0. The lowest BCUT2D eigenvalue weighted by Crippen LogP contribution is -2.47. The molecule has 0 aliphatic carbocycles. The second kappa shape index (κ2) is 8.19. The van der Waals surface area contributed by atoms with Crippen molar-refractivity contribution in [2.45, 2.75) is 19.8 Å². The van der Waals surface area contributed by atoms with Crippen LogP contribution in [-0.4, -0.2) is 58.0 Å². The number of rotatable bonds is 3. The molecule has 0 amide bonds. The molecule has 1 aliphatic rings. The van der Waals surface area contributed by atoms with Crippen molar-refractivity contribution < 1.29 is 8.42 Å². The number of sulfone groups is 1.